The van der Waals surface area contributed by atoms with Crippen molar-refractivity contribution in [1.82, 2.24) is 0 Å². The van der Waals surface area contributed by atoms with Crippen LogP contribution in [-0.4, -0.2) is 19.5 Å². The molecule has 2 aliphatic rings. The average molecular weight is 154 g/mol. The molecule has 0 saturated carbocycles. The molecule has 2 nitrogen and oxygen atoms in total. The summed E-state index contributed by atoms with van der Waals surface area (Å²) in [4.78, 5) is 0. The molecule has 0 aliphatic carbocycles. The second-order valence-electron chi connectivity index (χ2n) is 3.21. The van der Waals surface area contributed by atoms with Crippen LogP contribution < -0.4 is 0 Å². The fourth-order valence-corrected chi connectivity index (χ4v) is 1.94. The summed E-state index contributed by atoms with van der Waals surface area (Å²) in [5.74, 6) is 1.23. The van der Waals surface area contributed by atoms with Crippen molar-refractivity contribution in [2.24, 2.45) is 11.8 Å². The fraction of sp³-hybridized carbons (Fsp3) is 0.778. The van der Waals surface area contributed by atoms with Crippen LogP contribution in [0.3, 0.4) is 0 Å². The molecular weight excluding hydrogens is 140 g/mol. The molecule has 0 aromatic heterocycles. The summed E-state index contributed by atoms with van der Waals surface area (Å²) in [6, 6.07) is 0. The van der Waals surface area contributed by atoms with Crippen LogP contribution in [0.15, 0.2) is 12.2 Å². The maximum absolute atomic E-state index is 5.47. The van der Waals surface area contributed by atoms with Gasteiger partial charge in [-0.3, -0.25) is 0 Å². The largest absolute Gasteiger partial charge is 0.352 e. The van der Waals surface area contributed by atoms with Gasteiger partial charge in [0, 0.05) is 11.8 Å². The number of allylic oxidation sites excluding steroid dienone is 1. The van der Waals surface area contributed by atoms with Gasteiger partial charge in [-0.15, -0.1) is 0 Å². The Morgan fingerprint density at radius 1 is 1.36 bits per heavy atom. The maximum Gasteiger partial charge on any atom is 0.161 e. The van der Waals surface area contributed by atoms with E-state index in [0.717, 1.165) is 13.2 Å². The summed E-state index contributed by atoms with van der Waals surface area (Å²) >= 11 is 0. The molecule has 11 heavy (non-hydrogen) atoms. The van der Waals surface area contributed by atoms with E-state index in [2.05, 4.69) is 19.1 Å². The van der Waals surface area contributed by atoms with Crippen LogP contribution >= 0.6 is 0 Å². The number of rotatable bonds is 1. The Hall–Kier alpha value is -0.340. The molecule has 2 fully saturated rings. The molecule has 0 aromatic carbocycles. The van der Waals surface area contributed by atoms with Crippen molar-refractivity contribution in [3.8, 4) is 0 Å². The van der Waals surface area contributed by atoms with Crippen LogP contribution in [0.4, 0.5) is 0 Å². The highest BCUT2D eigenvalue weighted by atomic mass is 16.7. The van der Waals surface area contributed by atoms with Gasteiger partial charge in [0.15, 0.2) is 6.29 Å². The van der Waals surface area contributed by atoms with Crippen molar-refractivity contribution in [3.63, 3.8) is 0 Å². The fourth-order valence-electron chi connectivity index (χ4n) is 1.94. The summed E-state index contributed by atoms with van der Waals surface area (Å²) in [5, 5.41) is 0. The summed E-state index contributed by atoms with van der Waals surface area (Å²) in [5.41, 5.74) is 0. The third-order valence-corrected chi connectivity index (χ3v) is 2.53. The van der Waals surface area contributed by atoms with Crippen molar-refractivity contribution in [2.75, 3.05) is 13.2 Å². The first-order valence-corrected chi connectivity index (χ1v) is 4.28. The zero-order valence-corrected chi connectivity index (χ0v) is 6.82. The number of hydrogen-bond donors (Lipinski definition) is 0. The molecule has 2 aliphatic heterocycles. The summed E-state index contributed by atoms with van der Waals surface area (Å²) < 4.78 is 10.9. The third-order valence-electron chi connectivity index (χ3n) is 2.53. The first-order chi connectivity index (χ1) is 5.42. The Labute approximate surface area is 67.2 Å². The molecule has 0 aromatic rings. The number of fused-ring (bicyclic) bond motifs is 1. The van der Waals surface area contributed by atoms with E-state index in [4.69, 9.17) is 9.47 Å². The number of ether oxygens (including phenoxy) is 2. The van der Waals surface area contributed by atoms with E-state index < -0.39 is 0 Å². The lowest BCUT2D eigenvalue weighted by molar-refractivity contribution is -0.0905. The van der Waals surface area contributed by atoms with Crippen molar-refractivity contribution >= 4 is 0 Å². The van der Waals surface area contributed by atoms with Crippen LogP contribution in [-0.2, 0) is 9.47 Å². The van der Waals surface area contributed by atoms with E-state index in [0.29, 0.717) is 11.8 Å². The van der Waals surface area contributed by atoms with E-state index in [1.807, 2.05) is 0 Å². The minimum Gasteiger partial charge on any atom is -0.352 e. The van der Waals surface area contributed by atoms with Crippen LogP contribution in [0.1, 0.15) is 13.3 Å². The SMILES string of the molecule is C/C=C\C1COC2OCCC12. The minimum absolute atomic E-state index is 0.108. The molecule has 2 saturated heterocycles. The Morgan fingerprint density at radius 3 is 3.09 bits per heavy atom. The van der Waals surface area contributed by atoms with Crippen molar-refractivity contribution < 1.29 is 9.47 Å². The lowest BCUT2D eigenvalue weighted by Crippen LogP contribution is -2.13. The van der Waals surface area contributed by atoms with Crippen LogP contribution in [0.25, 0.3) is 0 Å². The van der Waals surface area contributed by atoms with E-state index in [9.17, 15) is 0 Å². The minimum atomic E-state index is 0.108. The van der Waals surface area contributed by atoms with Crippen LogP contribution in [0.5, 0.6) is 0 Å². The predicted octanol–water partition coefficient (Wildman–Crippen LogP) is 1.57. The van der Waals surface area contributed by atoms with Gasteiger partial charge in [-0.1, -0.05) is 12.2 Å². The second kappa shape index (κ2) is 2.95. The van der Waals surface area contributed by atoms with E-state index in [1.54, 1.807) is 0 Å². The monoisotopic (exact) mass is 154 g/mol. The highest BCUT2D eigenvalue weighted by molar-refractivity contribution is 4.95. The zero-order chi connectivity index (χ0) is 7.68. The molecule has 3 unspecified atom stereocenters. The Morgan fingerprint density at radius 2 is 2.27 bits per heavy atom. The normalized spacial score (nSPS) is 43.5. The maximum atomic E-state index is 5.47. The molecule has 3 atom stereocenters. The van der Waals surface area contributed by atoms with Crippen molar-refractivity contribution in [1.29, 1.82) is 0 Å². The molecule has 62 valence electrons. The van der Waals surface area contributed by atoms with Crippen LogP contribution in [0, 0.1) is 11.8 Å². The van der Waals surface area contributed by atoms with E-state index in [-0.39, 0.29) is 6.29 Å². The van der Waals surface area contributed by atoms with Crippen molar-refractivity contribution in [3.05, 3.63) is 12.2 Å². The molecule has 0 amide bonds. The Balaban J connectivity index is 2.03. The predicted molar refractivity (Wildman–Crippen MR) is 42.1 cm³/mol. The van der Waals surface area contributed by atoms with E-state index >= 15 is 0 Å². The quantitative estimate of drug-likeness (QED) is 0.534. The van der Waals surface area contributed by atoms with Gasteiger partial charge in [0.05, 0.1) is 13.2 Å². The third kappa shape index (κ3) is 1.21. The van der Waals surface area contributed by atoms with Gasteiger partial charge in [0.25, 0.3) is 0 Å². The molecule has 0 bridgehead atoms. The Bertz CT molecular complexity index is 165. The first kappa shape index (κ1) is 7.32. The lowest BCUT2D eigenvalue weighted by atomic mass is 9.93. The van der Waals surface area contributed by atoms with Crippen LogP contribution in [0.2, 0.25) is 0 Å². The molecule has 0 spiro atoms. The van der Waals surface area contributed by atoms with Gasteiger partial charge in [-0.2, -0.15) is 0 Å². The first-order valence-electron chi connectivity index (χ1n) is 4.28. The smallest absolute Gasteiger partial charge is 0.161 e. The molecule has 2 heterocycles. The molecule has 0 N–H and O–H groups in total. The van der Waals surface area contributed by atoms with E-state index in [1.165, 1.54) is 6.42 Å². The second-order valence-corrected chi connectivity index (χ2v) is 3.21. The molecular formula is C9H14O2. The van der Waals surface area contributed by atoms with Gasteiger partial charge >= 0.3 is 0 Å². The van der Waals surface area contributed by atoms with Crippen molar-refractivity contribution in [2.45, 2.75) is 19.6 Å². The van der Waals surface area contributed by atoms with Gasteiger partial charge in [0.1, 0.15) is 0 Å². The van der Waals surface area contributed by atoms with Gasteiger partial charge in [-0.25, -0.2) is 0 Å². The average Bonchev–Trinajstić information content (AvgIpc) is 2.53. The van der Waals surface area contributed by atoms with Gasteiger partial charge in [-0.05, 0) is 13.3 Å². The summed E-state index contributed by atoms with van der Waals surface area (Å²) in [6.45, 7) is 3.78. The molecule has 2 heteroatoms. The highest BCUT2D eigenvalue weighted by Crippen LogP contribution is 2.35. The molecule has 2 rings (SSSR count). The molecule has 0 radical (unpaired) electrons. The highest BCUT2D eigenvalue weighted by Gasteiger charge is 2.39. The summed E-state index contributed by atoms with van der Waals surface area (Å²) in [7, 11) is 0. The topological polar surface area (TPSA) is 18.5 Å². The van der Waals surface area contributed by atoms with Gasteiger partial charge in [0.2, 0.25) is 0 Å². The zero-order valence-electron chi connectivity index (χ0n) is 6.82. The summed E-state index contributed by atoms with van der Waals surface area (Å²) in [6.07, 6.45) is 5.62. The number of hydrogen-bond acceptors (Lipinski definition) is 2. The Kier molecular flexibility index (Phi) is 1.96. The van der Waals surface area contributed by atoms with Gasteiger partial charge < -0.3 is 9.47 Å². The standard InChI is InChI=1S/C9H14O2/c1-2-3-7-6-11-9-8(7)4-5-10-9/h2-3,7-9H,4-6H2,1H3/b3-2-. The lowest BCUT2D eigenvalue weighted by Gasteiger charge is -2.08.